The maximum Gasteiger partial charge on any atom is 0.236 e. The largest absolute Gasteiger partial charge is 0.364 e. The fourth-order valence-corrected chi connectivity index (χ4v) is 3.76. The van der Waals surface area contributed by atoms with E-state index in [1.54, 1.807) is 0 Å². The summed E-state index contributed by atoms with van der Waals surface area (Å²) in [5.41, 5.74) is 3.34. The van der Waals surface area contributed by atoms with Gasteiger partial charge in [0, 0.05) is 12.6 Å². The van der Waals surface area contributed by atoms with Gasteiger partial charge in [0.2, 0.25) is 5.82 Å². The van der Waals surface area contributed by atoms with Gasteiger partial charge in [-0.25, -0.2) is 0 Å². The molecule has 25 heavy (non-hydrogen) atoms. The molecule has 0 atom stereocenters. The van der Waals surface area contributed by atoms with E-state index < -0.39 is 0 Å². The van der Waals surface area contributed by atoms with Crippen molar-refractivity contribution in [2.24, 2.45) is 0 Å². The third-order valence-electron chi connectivity index (χ3n) is 5.00. The van der Waals surface area contributed by atoms with Crippen LogP contribution in [0.25, 0.3) is 0 Å². The maximum absolute atomic E-state index is 9.32. The number of hydrogen-bond acceptors (Lipinski definition) is 6. The molecular weight excluding hydrogens is 312 g/mol. The third kappa shape index (κ3) is 3.10. The van der Waals surface area contributed by atoms with Crippen molar-refractivity contribution in [1.82, 2.24) is 9.97 Å². The number of benzene rings is 1. The van der Waals surface area contributed by atoms with Gasteiger partial charge in [0.15, 0.2) is 11.6 Å². The molecule has 1 fully saturated rings. The second kappa shape index (κ2) is 6.60. The Morgan fingerprint density at radius 2 is 2.16 bits per heavy atom. The number of aryl methyl sites for hydroxylation is 1. The maximum atomic E-state index is 9.32. The summed E-state index contributed by atoms with van der Waals surface area (Å²) in [6.07, 6.45) is 4.93. The second-order valence-electron chi connectivity index (χ2n) is 6.79. The molecule has 0 amide bonds. The molecule has 2 N–H and O–H groups in total. The van der Waals surface area contributed by atoms with E-state index in [2.05, 4.69) is 62.8 Å². The third-order valence-corrected chi connectivity index (χ3v) is 5.00. The fraction of sp³-hybridized carbons (Fsp3) is 0.421. The smallest absolute Gasteiger partial charge is 0.236 e. The summed E-state index contributed by atoms with van der Waals surface area (Å²) in [4.78, 5) is 11.2. The van der Waals surface area contributed by atoms with Gasteiger partial charge in [-0.2, -0.15) is 15.2 Å². The molecule has 1 aliphatic carbocycles. The zero-order valence-corrected chi connectivity index (χ0v) is 14.4. The van der Waals surface area contributed by atoms with Crippen molar-refractivity contribution >= 4 is 17.3 Å². The van der Waals surface area contributed by atoms with E-state index in [-0.39, 0.29) is 5.82 Å². The molecule has 0 bridgehead atoms. The molecule has 1 saturated carbocycles. The molecule has 6 nitrogen and oxygen atoms in total. The number of anilines is 3. The molecule has 1 aromatic carbocycles. The highest BCUT2D eigenvalue weighted by molar-refractivity contribution is 5.82. The second-order valence-corrected chi connectivity index (χ2v) is 6.79. The quantitative estimate of drug-likeness (QED) is 0.892. The number of nitrogens with one attached hydrogen (secondary N) is 2. The van der Waals surface area contributed by atoms with Crippen LogP contribution in [0.1, 0.15) is 42.6 Å². The fourth-order valence-electron chi connectivity index (χ4n) is 3.76. The Morgan fingerprint density at radius 3 is 2.92 bits per heavy atom. The Morgan fingerprint density at radius 1 is 1.32 bits per heavy atom. The van der Waals surface area contributed by atoms with Crippen LogP contribution in [-0.2, 0) is 6.54 Å². The standard InChI is InChI=1S/C19H22N6/c1-13-5-4-6-14(9-13)11-21-18-17-19(24-16(10-20)23-18)25(12-22-17)15-7-2-3-8-15/h4-6,9,15,22H,2-3,7-8,11-12H2,1H3,(H,21,23,24). The van der Waals surface area contributed by atoms with Crippen molar-refractivity contribution in [3.8, 4) is 6.07 Å². The van der Waals surface area contributed by atoms with Gasteiger partial charge in [0.1, 0.15) is 11.8 Å². The lowest BCUT2D eigenvalue weighted by Crippen LogP contribution is -2.33. The van der Waals surface area contributed by atoms with Gasteiger partial charge in [0.05, 0.1) is 6.67 Å². The average Bonchev–Trinajstić information content (AvgIpc) is 3.28. The summed E-state index contributed by atoms with van der Waals surface area (Å²) in [6, 6.07) is 11.0. The summed E-state index contributed by atoms with van der Waals surface area (Å²) >= 11 is 0. The van der Waals surface area contributed by atoms with Gasteiger partial charge in [-0.3, -0.25) is 0 Å². The summed E-state index contributed by atoms with van der Waals surface area (Å²) in [7, 11) is 0. The molecule has 2 aliphatic rings. The molecule has 128 valence electrons. The predicted octanol–water partition coefficient (Wildman–Crippen LogP) is 3.40. The molecule has 0 spiro atoms. The van der Waals surface area contributed by atoms with E-state index in [4.69, 9.17) is 0 Å². The van der Waals surface area contributed by atoms with Crippen molar-refractivity contribution in [3.05, 3.63) is 41.2 Å². The van der Waals surface area contributed by atoms with Crippen LogP contribution < -0.4 is 15.5 Å². The van der Waals surface area contributed by atoms with Crippen LogP contribution in [0.15, 0.2) is 24.3 Å². The molecule has 0 radical (unpaired) electrons. The van der Waals surface area contributed by atoms with Crippen LogP contribution in [0, 0.1) is 18.3 Å². The van der Waals surface area contributed by atoms with Crippen molar-refractivity contribution in [1.29, 1.82) is 5.26 Å². The minimum Gasteiger partial charge on any atom is -0.364 e. The highest BCUT2D eigenvalue weighted by Crippen LogP contribution is 2.39. The van der Waals surface area contributed by atoms with Gasteiger partial charge < -0.3 is 15.5 Å². The molecule has 0 saturated heterocycles. The lowest BCUT2D eigenvalue weighted by atomic mass is 10.1. The highest BCUT2D eigenvalue weighted by atomic mass is 15.4. The Bertz CT molecular complexity index is 819. The van der Waals surface area contributed by atoms with E-state index in [1.165, 1.54) is 36.8 Å². The average molecular weight is 334 g/mol. The lowest BCUT2D eigenvalue weighted by Gasteiger charge is -2.24. The Balaban J connectivity index is 1.61. The normalized spacial score (nSPS) is 16.4. The number of fused-ring (bicyclic) bond motifs is 1. The van der Waals surface area contributed by atoms with Gasteiger partial charge in [0.25, 0.3) is 0 Å². The van der Waals surface area contributed by atoms with Crippen molar-refractivity contribution in [2.75, 3.05) is 22.2 Å². The number of nitrogens with zero attached hydrogens (tertiary/aromatic N) is 4. The van der Waals surface area contributed by atoms with E-state index in [0.29, 0.717) is 18.4 Å². The first-order valence-electron chi connectivity index (χ1n) is 8.86. The number of aromatic nitrogens is 2. The van der Waals surface area contributed by atoms with Crippen LogP contribution in [-0.4, -0.2) is 22.7 Å². The highest BCUT2D eigenvalue weighted by Gasteiger charge is 2.32. The van der Waals surface area contributed by atoms with Crippen molar-refractivity contribution in [3.63, 3.8) is 0 Å². The molecule has 1 aliphatic heterocycles. The molecular formula is C19H22N6. The SMILES string of the molecule is Cc1cccc(CNc2nc(C#N)nc3c2NCN3C2CCCC2)c1. The first kappa shape index (κ1) is 15.7. The Labute approximate surface area is 147 Å². The zero-order chi connectivity index (χ0) is 17.2. The number of hydrogen-bond donors (Lipinski definition) is 2. The minimum absolute atomic E-state index is 0.220. The van der Waals surface area contributed by atoms with Crippen LogP contribution in [0.2, 0.25) is 0 Å². The van der Waals surface area contributed by atoms with E-state index in [0.717, 1.165) is 18.2 Å². The zero-order valence-electron chi connectivity index (χ0n) is 14.4. The predicted molar refractivity (Wildman–Crippen MR) is 98.5 cm³/mol. The van der Waals surface area contributed by atoms with Gasteiger partial charge in [-0.1, -0.05) is 42.7 Å². The van der Waals surface area contributed by atoms with Crippen molar-refractivity contribution in [2.45, 2.75) is 45.2 Å². The van der Waals surface area contributed by atoms with Gasteiger partial charge in [-0.15, -0.1) is 0 Å². The Kier molecular flexibility index (Phi) is 4.14. The summed E-state index contributed by atoms with van der Waals surface area (Å²) in [5.74, 6) is 1.80. The summed E-state index contributed by atoms with van der Waals surface area (Å²) in [5, 5.41) is 16.1. The van der Waals surface area contributed by atoms with E-state index >= 15 is 0 Å². The monoisotopic (exact) mass is 334 g/mol. The van der Waals surface area contributed by atoms with Crippen LogP contribution in [0.3, 0.4) is 0 Å². The minimum atomic E-state index is 0.220. The summed E-state index contributed by atoms with van der Waals surface area (Å²) < 4.78 is 0. The van der Waals surface area contributed by atoms with Gasteiger partial charge >= 0.3 is 0 Å². The van der Waals surface area contributed by atoms with E-state index in [1.807, 2.05) is 0 Å². The number of rotatable bonds is 4. The first-order chi connectivity index (χ1) is 12.2. The molecule has 4 rings (SSSR count). The topological polar surface area (TPSA) is 76.9 Å². The number of nitriles is 1. The van der Waals surface area contributed by atoms with Crippen molar-refractivity contribution < 1.29 is 0 Å². The van der Waals surface area contributed by atoms with Crippen LogP contribution >= 0.6 is 0 Å². The van der Waals surface area contributed by atoms with Gasteiger partial charge in [-0.05, 0) is 25.3 Å². The molecule has 2 aromatic rings. The van der Waals surface area contributed by atoms with E-state index in [9.17, 15) is 5.26 Å². The summed E-state index contributed by atoms with van der Waals surface area (Å²) in [6.45, 7) is 3.49. The molecule has 1 aromatic heterocycles. The Hall–Kier alpha value is -2.81. The molecule has 0 unspecified atom stereocenters. The van der Waals surface area contributed by atoms with Crippen LogP contribution in [0.5, 0.6) is 0 Å². The lowest BCUT2D eigenvalue weighted by molar-refractivity contribution is 0.629. The molecule has 2 heterocycles. The molecule has 6 heteroatoms. The first-order valence-corrected chi connectivity index (χ1v) is 8.86. The van der Waals surface area contributed by atoms with Crippen LogP contribution in [0.4, 0.5) is 17.3 Å².